The summed E-state index contributed by atoms with van der Waals surface area (Å²) in [6.45, 7) is 3.50. The van der Waals surface area contributed by atoms with Crippen molar-refractivity contribution < 1.29 is 13.9 Å². The molecule has 0 N–H and O–H groups in total. The van der Waals surface area contributed by atoms with Gasteiger partial charge in [0.1, 0.15) is 16.9 Å². The van der Waals surface area contributed by atoms with Crippen LogP contribution in [-0.4, -0.2) is 12.4 Å². The molecule has 0 aliphatic carbocycles. The van der Waals surface area contributed by atoms with E-state index in [2.05, 4.69) is 0 Å². The molecule has 0 spiro atoms. The van der Waals surface area contributed by atoms with Crippen molar-refractivity contribution in [3.63, 3.8) is 0 Å². The van der Waals surface area contributed by atoms with Gasteiger partial charge in [0.25, 0.3) is 0 Å². The fraction of sp³-hybridized carbons (Fsp3) is 0.364. The molecule has 0 amide bonds. The van der Waals surface area contributed by atoms with Crippen molar-refractivity contribution in [1.29, 1.82) is 0 Å². The molecule has 82 valence electrons. The molecule has 1 aromatic carbocycles. The summed E-state index contributed by atoms with van der Waals surface area (Å²) in [7, 11) is 0. The Hall–Kier alpha value is -1.09. The van der Waals surface area contributed by atoms with Crippen LogP contribution in [0.1, 0.15) is 24.8 Å². The lowest BCUT2D eigenvalue weighted by Crippen LogP contribution is -2.07. The maximum absolute atomic E-state index is 13.5. The Morgan fingerprint density at radius 1 is 1.60 bits per heavy atom. The minimum absolute atomic E-state index is 0.119. The van der Waals surface area contributed by atoms with Gasteiger partial charge in [0.2, 0.25) is 0 Å². The van der Waals surface area contributed by atoms with Crippen LogP contribution < -0.4 is 4.74 Å². The van der Waals surface area contributed by atoms with Gasteiger partial charge in [-0.25, -0.2) is 4.39 Å². The minimum atomic E-state index is -0.993. The molecule has 0 bridgehead atoms. The predicted octanol–water partition coefficient (Wildman–Crippen LogP) is 3.09. The number of rotatable bonds is 4. The van der Waals surface area contributed by atoms with Crippen LogP contribution in [0.15, 0.2) is 18.2 Å². The number of ketones is 1. The highest BCUT2D eigenvalue weighted by Crippen LogP contribution is 2.32. The van der Waals surface area contributed by atoms with E-state index in [4.69, 9.17) is 16.3 Å². The van der Waals surface area contributed by atoms with E-state index in [0.29, 0.717) is 12.4 Å². The summed E-state index contributed by atoms with van der Waals surface area (Å²) in [5, 5.41) is -0.993. The summed E-state index contributed by atoms with van der Waals surface area (Å²) in [5.74, 6) is -0.494. The highest BCUT2D eigenvalue weighted by molar-refractivity contribution is 6.31. The monoisotopic (exact) mass is 230 g/mol. The van der Waals surface area contributed by atoms with E-state index in [-0.39, 0.29) is 11.3 Å². The quantitative estimate of drug-likeness (QED) is 0.743. The molecule has 1 unspecified atom stereocenters. The van der Waals surface area contributed by atoms with Gasteiger partial charge in [-0.15, -0.1) is 11.6 Å². The molecule has 0 fully saturated rings. The fourth-order valence-corrected chi connectivity index (χ4v) is 1.46. The lowest BCUT2D eigenvalue weighted by atomic mass is 10.1. The summed E-state index contributed by atoms with van der Waals surface area (Å²) in [6.07, 6.45) is 0. The molecule has 0 aliphatic rings. The first-order valence-electron chi connectivity index (χ1n) is 4.63. The van der Waals surface area contributed by atoms with E-state index in [1.807, 2.05) is 0 Å². The van der Waals surface area contributed by atoms with Crippen molar-refractivity contribution >= 4 is 17.4 Å². The third kappa shape index (κ3) is 2.69. The van der Waals surface area contributed by atoms with Crippen LogP contribution in [0.3, 0.4) is 0 Å². The van der Waals surface area contributed by atoms with Gasteiger partial charge in [0, 0.05) is 0 Å². The lowest BCUT2D eigenvalue weighted by Gasteiger charge is -2.13. The van der Waals surface area contributed by atoms with Crippen LogP contribution in [0.2, 0.25) is 0 Å². The molecule has 1 rings (SSSR count). The SMILES string of the molecule is CCOc1cccc(F)c1C(Cl)C(C)=O. The van der Waals surface area contributed by atoms with Gasteiger partial charge in [0.15, 0.2) is 5.78 Å². The van der Waals surface area contributed by atoms with Crippen molar-refractivity contribution in [2.24, 2.45) is 0 Å². The van der Waals surface area contributed by atoms with E-state index in [9.17, 15) is 9.18 Å². The Labute approximate surface area is 93.0 Å². The fourth-order valence-electron chi connectivity index (χ4n) is 1.25. The number of ether oxygens (including phenoxy) is 1. The average Bonchev–Trinajstić information content (AvgIpc) is 2.17. The molecule has 0 heterocycles. The van der Waals surface area contributed by atoms with Crippen LogP contribution in [0.4, 0.5) is 4.39 Å². The zero-order valence-corrected chi connectivity index (χ0v) is 9.34. The van der Waals surface area contributed by atoms with Crippen molar-refractivity contribution in [2.75, 3.05) is 6.61 Å². The second-order valence-corrected chi connectivity index (χ2v) is 3.49. The van der Waals surface area contributed by atoms with Crippen LogP contribution in [0.5, 0.6) is 5.75 Å². The molecular weight excluding hydrogens is 219 g/mol. The van der Waals surface area contributed by atoms with E-state index < -0.39 is 11.2 Å². The lowest BCUT2D eigenvalue weighted by molar-refractivity contribution is -0.116. The predicted molar refractivity (Wildman–Crippen MR) is 56.8 cm³/mol. The van der Waals surface area contributed by atoms with E-state index in [1.165, 1.54) is 19.1 Å². The van der Waals surface area contributed by atoms with Gasteiger partial charge in [-0.05, 0) is 26.0 Å². The highest BCUT2D eigenvalue weighted by Gasteiger charge is 2.21. The van der Waals surface area contributed by atoms with E-state index in [1.54, 1.807) is 13.0 Å². The molecule has 1 aromatic rings. The Balaban J connectivity index is 3.17. The average molecular weight is 231 g/mol. The van der Waals surface area contributed by atoms with Gasteiger partial charge in [-0.2, -0.15) is 0 Å². The maximum atomic E-state index is 13.5. The number of carbonyl (C=O) groups excluding carboxylic acids is 1. The molecule has 0 saturated heterocycles. The molecule has 2 nitrogen and oxygen atoms in total. The molecule has 0 aromatic heterocycles. The summed E-state index contributed by atoms with van der Waals surface area (Å²) in [5.41, 5.74) is 0.119. The Kier molecular flexibility index (Phi) is 4.09. The number of hydrogen-bond acceptors (Lipinski definition) is 2. The molecular formula is C11H12ClFO2. The van der Waals surface area contributed by atoms with Gasteiger partial charge >= 0.3 is 0 Å². The van der Waals surface area contributed by atoms with Gasteiger partial charge in [-0.3, -0.25) is 4.79 Å². The number of halogens is 2. The Morgan fingerprint density at radius 3 is 2.80 bits per heavy atom. The molecule has 0 saturated carbocycles. The largest absolute Gasteiger partial charge is 0.493 e. The van der Waals surface area contributed by atoms with Crippen LogP contribution in [0, 0.1) is 5.82 Å². The van der Waals surface area contributed by atoms with Gasteiger partial charge < -0.3 is 4.74 Å². The maximum Gasteiger partial charge on any atom is 0.152 e. The van der Waals surface area contributed by atoms with Crippen molar-refractivity contribution in [3.05, 3.63) is 29.6 Å². The molecule has 0 radical (unpaired) electrons. The Bertz CT molecular complexity index is 366. The third-order valence-electron chi connectivity index (χ3n) is 1.92. The molecule has 15 heavy (non-hydrogen) atoms. The summed E-state index contributed by atoms with van der Waals surface area (Å²) in [6, 6.07) is 4.38. The number of hydrogen-bond donors (Lipinski definition) is 0. The summed E-state index contributed by atoms with van der Waals surface area (Å²) in [4.78, 5) is 11.1. The smallest absolute Gasteiger partial charge is 0.152 e. The van der Waals surface area contributed by atoms with Crippen LogP contribution >= 0.6 is 11.6 Å². The van der Waals surface area contributed by atoms with E-state index in [0.717, 1.165) is 0 Å². The molecule has 1 atom stereocenters. The topological polar surface area (TPSA) is 26.3 Å². The van der Waals surface area contributed by atoms with Gasteiger partial charge in [0.05, 0.1) is 12.2 Å². The number of carbonyl (C=O) groups is 1. The van der Waals surface area contributed by atoms with Crippen molar-refractivity contribution in [3.8, 4) is 5.75 Å². The second-order valence-electron chi connectivity index (χ2n) is 3.06. The first-order chi connectivity index (χ1) is 7.07. The van der Waals surface area contributed by atoms with Crippen molar-refractivity contribution in [2.45, 2.75) is 19.2 Å². The van der Waals surface area contributed by atoms with E-state index >= 15 is 0 Å². The first kappa shape index (κ1) is 12.0. The summed E-state index contributed by atoms with van der Waals surface area (Å²) < 4.78 is 18.7. The summed E-state index contributed by atoms with van der Waals surface area (Å²) >= 11 is 5.82. The first-order valence-corrected chi connectivity index (χ1v) is 5.07. The highest BCUT2D eigenvalue weighted by atomic mass is 35.5. The molecule has 4 heteroatoms. The standard InChI is InChI=1S/C11H12ClFO2/c1-3-15-9-6-4-5-8(13)10(9)11(12)7(2)14/h4-6,11H,3H2,1-2H3. The van der Waals surface area contributed by atoms with Crippen LogP contribution in [0.25, 0.3) is 0 Å². The zero-order chi connectivity index (χ0) is 11.4. The second kappa shape index (κ2) is 5.12. The minimum Gasteiger partial charge on any atom is -0.493 e. The zero-order valence-electron chi connectivity index (χ0n) is 8.59. The molecule has 0 aliphatic heterocycles. The number of Topliss-reactive ketones (excluding diaryl/α,β-unsaturated/α-hetero) is 1. The van der Waals surface area contributed by atoms with Crippen molar-refractivity contribution in [1.82, 2.24) is 0 Å². The number of alkyl halides is 1. The third-order valence-corrected chi connectivity index (χ3v) is 2.45. The van der Waals surface area contributed by atoms with Crippen LogP contribution in [-0.2, 0) is 4.79 Å². The normalized spacial score (nSPS) is 12.3. The number of benzene rings is 1. The van der Waals surface area contributed by atoms with Gasteiger partial charge in [-0.1, -0.05) is 6.07 Å². The Morgan fingerprint density at radius 2 is 2.27 bits per heavy atom.